The van der Waals surface area contributed by atoms with Gasteiger partial charge in [-0.05, 0) is 64.2 Å². The minimum Gasteiger partial charge on any atom is -0.871 e. The molecule has 0 saturated heterocycles. The summed E-state index contributed by atoms with van der Waals surface area (Å²) < 4.78 is 6.17. The predicted molar refractivity (Wildman–Crippen MR) is 67.3 cm³/mol. The molecule has 1 aromatic rings. The van der Waals surface area contributed by atoms with Crippen LogP contribution >= 0.6 is 45.2 Å². The summed E-state index contributed by atoms with van der Waals surface area (Å²) in [5, 5.41) is 11.5. The molecule has 0 aliphatic rings. The molecule has 1 rings (SSSR count). The second kappa shape index (κ2) is 5.15. The number of halogens is 2. The molecule has 76 valence electrons. The van der Waals surface area contributed by atoms with Crippen LogP contribution in [0.25, 0.3) is 0 Å². The van der Waals surface area contributed by atoms with Gasteiger partial charge in [0.2, 0.25) is 0 Å². The SMILES string of the molecule is CCOC(=O)c1cc(I)cc(I)c1[O-]. The van der Waals surface area contributed by atoms with E-state index < -0.39 is 5.97 Å². The maximum Gasteiger partial charge on any atom is 0.337 e. The summed E-state index contributed by atoms with van der Waals surface area (Å²) in [6.45, 7) is 1.99. The summed E-state index contributed by atoms with van der Waals surface area (Å²) in [7, 11) is 0. The van der Waals surface area contributed by atoms with Crippen LogP contribution in [0.4, 0.5) is 0 Å². The van der Waals surface area contributed by atoms with Crippen molar-refractivity contribution in [1.29, 1.82) is 0 Å². The van der Waals surface area contributed by atoms with Crippen molar-refractivity contribution in [2.75, 3.05) is 6.61 Å². The molecule has 1 aromatic carbocycles. The third-order valence-electron chi connectivity index (χ3n) is 1.50. The molecule has 0 heterocycles. The Hall–Kier alpha value is -0.0500. The van der Waals surface area contributed by atoms with Gasteiger partial charge in [0.25, 0.3) is 0 Å². The van der Waals surface area contributed by atoms with E-state index in [1.807, 2.05) is 22.6 Å². The molecular formula is C9H7I2O3-. The van der Waals surface area contributed by atoms with Crippen LogP contribution in [0.5, 0.6) is 5.75 Å². The second-order valence-electron chi connectivity index (χ2n) is 2.48. The Bertz CT molecular complexity index is 363. The first-order chi connectivity index (χ1) is 6.56. The Morgan fingerprint density at radius 1 is 1.50 bits per heavy atom. The Morgan fingerprint density at radius 2 is 2.14 bits per heavy atom. The fourth-order valence-electron chi connectivity index (χ4n) is 0.921. The molecule has 0 unspecified atom stereocenters. The van der Waals surface area contributed by atoms with E-state index in [2.05, 4.69) is 22.6 Å². The van der Waals surface area contributed by atoms with Crippen molar-refractivity contribution >= 4 is 51.2 Å². The van der Waals surface area contributed by atoms with E-state index in [9.17, 15) is 9.90 Å². The van der Waals surface area contributed by atoms with Crippen LogP contribution in [0.15, 0.2) is 12.1 Å². The molecule has 0 aliphatic heterocycles. The maximum absolute atomic E-state index is 11.5. The predicted octanol–water partition coefficient (Wildman–Crippen LogP) is 2.15. The van der Waals surface area contributed by atoms with E-state index in [0.29, 0.717) is 3.57 Å². The average Bonchev–Trinajstić information content (AvgIpc) is 2.11. The van der Waals surface area contributed by atoms with Crippen molar-refractivity contribution in [3.05, 3.63) is 24.8 Å². The summed E-state index contributed by atoms with van der Waals surface area (Å²) in [5.41, 5.74) is 0.114. The van der Waals surface area contributed by atoms with Gasteiger partial charge < -0.3 is 9.84 Å². The maximum atomic E-state index is 11.5. The molecular weight excluding hydrogens is 410 g/mol. The summed E-state index contributed by atoms with van der Waals surface area (Å²) in [6, 6.07) is 3.27. The van der Waals surface area contributed by atoms with Crippen molar-refractivity contribution in [2.45, 2.75) is 6.92 Å². The number of ether oxygens (including phenoxy) is 1. The van der Waals surface area contributed by atoms with Crippen molar-refractivity contribution in [3.8, 4) is 5.75 Å². The summed E-state index contributed by atoms with van der Waals surface area (Å²) >= 11 is 3.97. The van der Waals surface area contributed by atoms with Crippen molar-refractivity contribution in [1.82, 2.24) is 0 Å². The third kappa shape index (κ3) is 2.72. The van der Waals surface area contributed by atoms with Gasteiger partial charge in [-0.2, -0.15) is 0 Å². The molecule has 0 saturated carbocycles. The third-order valence-corrected chi connectivity index (χ3v) is 2.93. The van der Waals surface area contributed by atoms with Gasteiger partial charge in [-0.15, -0.1) is 0 Å². The smallest absolute Gasteiger partial charge is 0.337 e. The standard InChI is InChI=1S/C9H8I2O3/c1-2-14-9(13)6-3-5(10)4-7(11)8(6)12/h3-4,12H,2H2,1H3/p-1. The fraction of sp³-hybridized carbons (Fsp3) is 0.222. The Balaban J connectivity index is 3.13. The number of rotatable bonds is 2. The van der Waals surface area contributed by atoms with Crippen LogP contribution in [0.3, 0.4) is 0 Å². The zero-order valence-electron chi connectivity index (χ0n) is 7.34. The van der Waals surface area contributed by atoms with Crippen LogP contribution in [0.1, 0.15) is 17.3 Å². The molecule has 5 heteroatoms. The summed E-state index contributed by atoms with van der Waals surface area (Å²) in [6.07, 6.45) is 0. The molecule has 0 aromatic heterocycles. The second-order valence-corrected chi connectivity index (χ2v) is 4.89. The Labute approximate surface area is 109 Å². The van der Waals surface area contributed by atoms with E-state index in [1.54, 1.807) is 19.1 Å². The van der Waals surface area contributed by atoms with Gasteiger partial charge in [-0.25, -0.2) is 4.79 Å². The molecule has 0 spiro atoms. The molecule has 0 bridgehead atoms. The van der Waals surface area contributed by atoms with Crippen LogP contribution in [0.2, 0.25) is 0 Å². The van der Waals surface area contributed by atoms with E-state index in [1.165, 1.54) is 0 Å². The quantitative estimate of drug-likeness (QED) is 0.548. The highest BCUT2D eigenvalue weighted by atomic mass is 127. The van der Waals surface area contributed by atoms with E-state index in [0.717, 1.165) is 3.57 Å². The number of esters is 1. The van der Waals surface area contributed by atoms with Gasteiger partial charge in [0.05, 0.1) is 12.2 Å². The summed E-state index contributed by atoms with van der Waals surface area (Å²) in [4.78, 5) is 11.3. The number of hydrogen-bond donors (Lipinski definition) is 0. The highest BCUT2D eigenvalue weighted by Crippen LogP contribution is 2.25. The van der Waals surface area contributed by atoms with Crippen molar-refractivity contribution in [2.24, 2.45) is 0 Å². The Morgan fingerprint density at radius 3 is 2.71 bits per heavy atom. The van der Waals surface area contributed by atoms with Gasteiger partial charge in [-0.1, -0.05) is 5.75 Å². The highest BCUT2D eigenvalue weighted by molar-refractivity contribution is 14.1. The Kier molecular flexibility index (Phi) is 4.42. The topological polar surface area (TPSA) is 49.4 Å². The van der Waals surface area contributed by atoms with E-state index >= 15 is 0 Å². The van der Waals surface area contributed by atoms with E-state index in [-0.39, 0.29) is 17.9 Å². The molecule has 0 N–H and O–H groups in total. The highest BCUT2D eigenvalue weighted by Gasteiger charge is 2.09. The molecule has 3 nitrogen and oxygen atoms in total. The van der Waals surface area contributed by atoms with Crippen LogP contribution in [-0.4, -0.2) is 12.6 Å². The fourth-order valence-corrected chi connectivity index (χ4v) is 2.77. The minimum absolute atomic E-state index is 0.114. The van der Waals surface area contributed by atoms with Crippen LogP contribution < -0.4 is 5.11 Å². The summed E-state index contributed by atoms with van der Waals surface area (Å²) in [5.74, 6) is -0.807. The zero-order chi connectivity index (χ0) is 10.7. The lowest BCUT2D eigenvalue weighted by Crippen LogP contribution is -2.10. The van der Waals surface area contributed by atoms with Crippen LogP contribution in [0, 0.1) is 7.14 Å². The first-order valence-corrected chi connectivity index (χ1v) is 6.05. The van der Waals surface area contributed by atoms with Gasteiger partial charge in [0.15, 0.2) is 0 Å². The minimum atomic E-state index is -0.547. The van der Waals surface area contributed by atoms with Crippen molar-refractivity contribution < 1.29 is 14.6 Å². The number of benzene rings is 1. The lowest BCUT2D eigenvalue weighted by Gasteiger charge is -2.14. The lowest BCUT2D eigenvalue weighted by molar-refractivity contribution is -0.270. The lowest BCUT2D eigenvalue weighted by atomic mass is 10.2. The molecule has 14 heavy (non-hydrogen) atoms. The molecule has 0 atom stereocenters. The zero-order valence-corrected chi connectivity index (χ0v) is 11.7. The molecule has 0 fully saturated rings. The molecule has 0 radical (unpaired) electrons. The first kappa shape index (κ1) is 12.0. The largest absolute Gasteiger partial charge is 0.871 e. The van der Waals surface area contributed by atoms with Gasteiger partial charge >= 0.3 is 5.97 Å². The average molecular weight is 417 g/mol. The van der Waals surface area contributed by atoms with Crippen molar-refractivity contribution in [3.63, 3.8) is 0 Å². The van der Waals surface area contributed by atoms with E-state index in [4.69, 9.17) is 4.74 Å². The van der Waals surface area contributed by atoms with Gasteiger partial charge in [0, 0.05) is 7.14 Å². The molecule has 0 aliphatic carbocycles. The number of carbonyl (C=O) groups is 1. The normalized spacial score (nSPS) is 9.93. The number of hydrogen-bond acceptors (Lipinski definition) is 3. The van der Waals surface area contributed by atoms with Gasteiger partial charge in [-0.3, -0.25) is 0 Å². The van der Waals surface area contributed by atoms with Crippen LogP contribution in [-0.2, 0) is 4.74 Å². The van der Waals surface area contributed by atoms with Gasteiger partial charge in [0.1, 0.15) is 0 Å². The first-order valence-electron chi connectivity index (χ1n) is 3.89. The molecule has 0 amide bonds. The number of carbonyl (C=O) groups excluding carboxylic acids is 1. The monoisotopic (exact) mass is 417 g/mol.